The van der Waals surface area contributed by atoms with Crippen molar-refractivity contribution >= 4 is 17.4 Å². The molecule has 0 radical (unpaired) electrons. The Hall–Kier alpha value is -0.800. The van der Waals surface area contributed by atoms with Gasteiger partial charge in [-0.2, -0.15) is 0 Å². The number of nitrogens with one attached hydrogen (secondary N) is 1. The van der Waals surface area contributed by atoms with Gasteiger partial charge in [0.1, 0.15) is 5.82 Å². The van der Waals surface area contributed by atoms with Gasteiger partial charge in [0.2, 0.25) is 0 Å². The first-order chi connectivity index (χ1) is 8.46. The van der Waals surface area contributed by atoms with E-state index in [1.807, 2.05) is 12.3 Å². The Morgan fingerprint density at radius 2 is 2.00 bits per heavy atom. The maximum atomic E-state index is 6.33. The Bertz CT molecular complexity index is 406. The number of rotatable bonds is 3. The van der Waals surface area contributed by atoms with Crippen molar-refractivity contribution in [2.24, 2.45) is 0 Å². The van der Waals surface area contributed by atoms with E-state index in [2.05, 4.69) is 36.0 Å². The highest BCUT2D eigenvalue weighted by molar-refractivity contribution is 6.33. The predicted molar refractivity (Wildman–Crippen MR) is 77.3 cm³/mol. The van der Waals surface area contributed by atoms with Crippen LogP contribution in [0.15, 0.2) is 12.3 Å². The SMILES string of the molecule is CC(C)(C)NCc1cnc(N2CCCC2)c(Cl)c1. The van der Waals surface area contributed by atoms with E-state index in [9.17, 15) is 0 Å². The summed E-state index contributed by atoms with van der Waals surface area (Å²) in [7, 11) is 0. The normalized spacial score (nSPS) is 16.3. The Labute approximate surface area is 115 Å². The van der Waals surface area contributed by atoms with Gasteiger partial charge in [0.15, 0.2) is 0 Å². The van der Waals surface area contributed by atoms with E-state index >= 15 is 0 Å². The van der Waals surface area contributed by atoms with Gasteiger partial charge in [0.05, 0.1) is 5.02 Å². The van der Waals surface area contributed by atoms with E-state index in [1.54, 1.807) is 0 Å². The molecule has 0 saturated carbocycles. The Kier molecular flexibility index (Phi) is 4.13. The maximum absolute atomic E-state index is 6.33. The third-order valence-electron chi connectivity index (χ3n) is 3.11. The summed E-state index contributed by atoms with van der Waals surface area (Å²) in [5.74, 6) is 0.939. The van der Waals surface area contributed by atoms with E-state index in [4.69, 9.17) is 11.6 Å². The van der Waals surface area contributed by atoms with Crippen LogP contribution in [0.3, 0.4) is 0 Å². The quantitative estimate of drug-likeness (QED) is 0.911. The van der Waals surface area contributed by atoms with Crippen molar-refractivity contribution in [3.63, 3.8) is 0 Å². The third kappa shape index (κ3) is 3.59. The molecular formula is C14H22ClN3. The van der Waals surface area contributed by atoms with E-state index in [-0.39, 0.29) is 5.54 Å². The molecule has 4 heteroatoms. The molecule has 3 nitrogen and oxygen atoms in total. The first kappa shape index (κ1) is 13.6. The van der Waals surface area contributed by atoms with Gasteiger partial charge in [-0.25, -0.2) is 4.98 Å². The van der Waals surface area contributed by atoms with Crippen molar-refractivity contribution in [1.29, 1.82) is 0 Å². The van der Waals surface area contributed by atoms with Crippen LogP contribution in [0.4, 0.5) is 5.82 Å². The van der Waals surface area contributed by atoms with Crippen LogP contribution in [-0.4, -0.2) is 23.6 Å². The van der Waals surface area contributed by atoms with Crippen LogP contribution < -0.4 is 10.2 Å². The van der Waals surface area contributed by atoms with Crippen LogP contribution in [0.2, 0.25) is 5.02 Å². The van der Waals surface area contributed by atoms with Gasteiger partial charge in [0, 0.05) is 31.4 Å². The number of aromatic nitrogens is 1. The molecule has 0 atom stereocenters. The molecule has 1 aliphatic rings. The van der Waals surface area contributed by atoms with Gasteiger partial charge in [-0.1, -0.05) is 11.6 Å². The average Bonchev–Trinajstić information content (AvgIpc) is 2.79. The fraction of sp³-hybridized carbons (Fsp3) is 0.643. The van der Waals surface area contributed by atoms with Crippen molar-refractivity contribution in [2.45, 2.75) is 45.7 Å². The molecule has 0 aromatic carbocycles. The minimum absolute atomic E-state index is 0.111. The number of pyridine rings is 1. The Balaban J connectivity index is 2.05. The summed E-state index contributed by atoms with van der Waals surface area (Å²) in [6.07, 6.45) is 4.41. The summed E-state index contributed by atoms with van der Waals surface area (Å²) >= 11 is 6.33. The van der Waals surface area contributed by atoms with Crippen LogP contribution >= 0.6 is 11.6 Å². The second kappa shape index (κ2) is 5.45. The van der Waals surface area contributed by atoms with E-state index in [0.717, 1.165) is 36.0 Å². The predicted octanol–water partition coefficient (Wildman–Crippen LogP) is 3.22. The Morgan fingerprint density at radius 1 is 1.33 bits per heavy atom. The highest BCUT2D eigenvalue weighted by Crippen LogP contribution is 2.27. The molecule has 18 heavy (non-hydrogen) atoms. The zero-order valence-corrected chi connectivity index (χ0v) is 12.2. The number of anilines is 1. The first-order valence-electron chi connectivity index (χ1n) is 6.60. The van der Waals surface area contributed by atoms with Crippen molar-refractivity contribution < 1.29 is 0 Å². The minimum atomic E-state index is 0.111. The molecule has 1 aromatic rings. The molecule has 1 N–H and O–H groups in total. The molecule has 1 aromatic heterocycles. The van der Waals surface area contributed by atoms with Gasteiger partial charge in [0.25, 0.3) is 0 Å². The van der Waals surface area contributed by atoms with Crippen molar-refractivity contribution in [3.05, 3.63) is 22.8 Å². The highest BCUT2D eigenvalue weighted by Gasteiger charge is 2.17. The molecule has 0 bridgehead atoms. The molecule has 1 aliphatic heterocycles. The fourth-order valence-electron chi connectivity index (χ4n) is 2.10. The zero-order valence-electron chi connectivity index (χ0n) is 11.5. The summed E-state index contributed by atoms with van der Waals surface area (Å²) in [5.41, 5.74) is 1.25. The summed E-state index contributed by atoms with van der Waals surface area (Å²) in [4.78, 5) is 6.78. The van der Waals surface area contributed by atoms with Crippen LogP contribution in [0, 0.1) is 0 Å². The molecule has 0 spiro atoms. The summed E-state index contributed by atoms with van der Waals surface area (Å²) < 4.78 is 0. The molecule has 1 fully saturated rings. The summed E-state index contributed by atoms with van der Waals surface area (Å²) in [6.45, 7) is 9.41. The van der Waals surface area contributed by atoms with E-state index in [0.29, 0.717) is 0 Å². The van der Waals surface area contributed by atoms with Crippen LogP contribution in [-0.2, 0) is 6.54 Å². The van der Waals surface area contributed by atoms with E-state index in [1.165, 1.54) is 12.8 Å². The third-order valence-corrected chi connectivity index (χ3v) is 3.38. The van der Waals surface area contributed by atoms with Gasteiger partial charge in [-0.3, -0.25) is 0 Å². The molecule has 0 amide bonds. The molecule has 0 aliphatic carbocycles. The van der Waals surface area contributed by atoms with Crippen molar-refractivity contribution in [1.82, 2.24) is 10.3 Å². The van der Waals surface area contributed by atoms with Crippen molar-refractivity contribution in [2.75, 3.05) is 18.0 Å². The monoisotopic (exact) mass is 267 g/mol. The number of nitrogens with zero attached hydrogens (tertiary/aromatic N) is 2. The average molecular weight is 268 g/mol. The first-order valence-corrected chi connectivity index (χ1v) is 6.98. The minimum Gasteiger partial charge on any atom is -0.355 e. The smallest absolute Gasteiger partial charge is 0.147 e. The van der Waals surface area contributed by atoms with Gasteiger partial charge in [-0.15, -0.1) is 0 Å². The van der Waals surface area contributed by atoms with Crippen LogP contribution in [0.5, 0.6) is 0 Å². The standard InChI is InChI=1S/C14H22ClN3/c1-14(2,3)17-10-11-8-12(15)13(16-9-11)18-6-4-5-7-18/h8-9,17H,4-7,10H2,1-3H3. The fourth-order valence-corrected chi connectivity index (χ4v) is 2.40. The maximum Gasteiger partial charge on any atom is 0.147 e. The molecule has 1 saturated heterocycles. The Morgan fingerprint density at radius 3 is 2.56 bits per heavy atom. The molecule has 2 rings (SSSR count). The zero-order chi connectivity index (χ0) is 13.2. The lowest BCUT2D eigenvalue weighted by Gasteiger charge is -2.21. The largest absolute Gasteiger partial charge is 0.355 e. The van der Waals surface area contributed by atoms with Crippen molar-refractivity contribution in [3.8, 4) is 0 Å². The summed E-state index contributed by atoms with van der Waals surface area (Å²) in [5, 5.41) is 4.21. The lowest BCUT2D eigenvalue weighted by atomic mass is 10.1. The van der Waals surface area contributed by atoms with Gasteiger partial charge >= 0.3 is 0 Å². The lowest BCUT2D eigenvalue weighted by molar-refractivity contribution is 0.424. The molecule has 0 unspecified atom stereocenters. The van der Waals surface area contributed by atoms with Gasteiger partial charge in [-0.05, 0) is 45.2 Å². The number of hydrogen-bond acceptors (Lipinski definition) is 3. The second-order valence-electron chi connectivity index (χ2n) is 5.95. The molecule has 100 valence electrons. The topological polar surface area (TPSA) is 28.2 Å². The second-order valence-corrected chi connectivity index (χ2v) is 6.35. The number of hydrogen-bond donors (Lipinski definition) is 1. The summed E-state index contributed by atoms with van der Waals surface area (Å²) in [6, 6.07) is 2.03. The van der Waals surface area contributed by atoms with Crippen LogP contribution in [0.25, 0.3) is 0 Å². The molecule has 2 heterocycles. The molecular weight excluding hydrogens is 246 g/mol. The number of halogens is 1. The van der Waals surface area contributed by atoms with E-state index < -0.39 is 0 Å². The lowest BCUT2D eigenvalue weighted by Crippen LogP contribution is -2.35. The van der Waals surface area contributed by atoms with Gasteiger partial charge < -0.3 is 10.2 Å². The highest BCUT2D eigenvalue weighted by atomic mass is 35.5. The van der Waals surface area contributed by atoms with Crippen LogP contribution in [0.1, 0.15) is 39.2 Å².